The number of carbonyl (C=O) groups is 2. The zero-order chi connectivity index (χ0) is 14.6. The van der Waals surface area contributed by atoms with Gasteiger partial charge in [0.05, 0.1) is 17.3 Å². The summed E-state index contributed by atoms with van der Waals surface area (Å²) in [7, 11) is -2.94. The Labute approximate surface area is 117 Å². The average molecular weight is 309 g/mol. The number of rotatable bonds is 6. The molecule has 1 aliphatic heterocycles. The van der Waals surface area contributed by atoms with Crippen molar-refractivity contribution in [1.29, 1.82) is 0 Å². The van der Waals surface area contributed by atoms with E-state index < -0.39 is 21.8 Å². The summed E-state index contributed by atoms with van der Waals surface area (Å²) >= 11 is 1.28. The number of aliphatic carboxylic acids is 1. The second-order valence-corrected chi connectivity index (χ2v) is 8.48. The van der Waals surface area contributed by atoms with Crippen LogP contribution in [0.2, 0.25) is 0 Å². The maximum Gasteiger partial charge on any atom is 0.326 e. The first-order valence-corrected chi connectivity index (χ1v) is 8.92. The number of nitrogens with one attached hydrogen (secondary N) is 1. The number of sulfone groups is 1. The average Bonchev–Trinajstić information content (AvgIpc) is 2.62. The molecular formula is C11H19NO5S2. The molecule has 1 fully saturated rings. The number of carbonyl (C=O) groups excluding carboxylic acids is 1. The molecule has 6 nitrogen and oxygen atoms in total. The van der Waals surface area contributed by atoms with Crippen molar-refractivity contribution in [3.8, 4) is 0 Å². The molecule has 0 radical (unpaired) electrons. The van der Waals surface area contributed by atoms with E-state index in [0.717, 1.165) is 0 Å². The van der Waals surface area contributed by atoms with Gasteiger partial charge in [0.25, 0.3) is 0 Å². The summed E-state index contributed by atoms with van der Waals surface area (Å²) in [6.07, 6.45) is 0.562. The van der Waals surface area contributed by atoms with Gasteiger partial charge >= 0.3 is 5.97 Å². The van der Waals surface area contributed by atoms with Crippen molar-refractivity contribution in [1.82, 2.24) is 5.32 Å². The minimum Gasteiger partial charge on any atom is -0.480 e. The topological polar surface area (TPSA) is 101 Å². The molecule has 8 heteroatoms. The molecule has 0 saturated carbocycles. The van der Waals surface area contributed by atoms with Crippen LogP contribution in [0.5, 0.6) is 0 Å². The summed E-state index contributed by atoms with van der Waals surface area (Å²) in [4.78, 5) is 22.6. The second-order valence-electron chi connectivity index (χ2n) is 4.96. The Bertz CT molecular complexity index is 446. The van der Waals surface area contributed by atoms with Crippen LogP contribution in [0, 0.1) is 5.92 Å². The van der Waals surface area contributed by atoms with Gasteiger partial charge in [-0.1, -0.05) is 13.8 Å². The van der Waals surface area contributed by atoms with Gasteiger partial charge in [-0.2, -0.15) is 0 Å². The molecule has 0 aliphatic carbocycles. The molecule has 1 amide bonds. The minimum atomic E-state index is -2.94. The van der Waals surface area contributed by atoms with Crippen molar-refractivity contribution in [3.63, 3.8) is 0 Å². The molecule has 0 aromatic rings. The maximum absolute atomic E-state index is 11.6. The van der Waals surface area contributed by atoms with Gasteiger partial charge in [0.2, 0.25) is 5.91 Å². The third-order valence-electron chi connectivity index (χ3n) is 2.89. The lowest BCUT2D eigenvalue weighted by Gasteiger charge is -2.18. The number of carboxylic acids is 1. The van der Waals surface area contributed by atoms with Gasteiger partial charge in [-0.05, 0) is 12.3 Å². The van der Waals surface area contributed by atoms with Crippen LogP contribution in [0.4, 0.5) is 0 Å². The van der Waals surface area contributed by atoms with Gasteiger partial charge in [-0.15, -0.1) is 11.8 Å². The second kappa shape index (κ2) is 6.60. The van der Waals surface area contributed by atoms with Crippen LogP contribution in [-0.4, -0.2) is 54.0 Å². The van der Waals surface area contributed by atoms with Crippen LogP contribution in [0.3, 0.4) is 0 Å². The Kier molecular flexibility index (Phi) is 5.66. The largest absolute Gasteiger partial charge is 0.480 e. The van der Waals surface area contributed by atoms with Crippen molar-refractivity contribution >= 4 is 33.5 Å². The van der Waals surface area contributed by atoms with Crippen LogP contribution in [-0.2, 0) is 19.4 Å². The highest BCUT2D eigenvalue weighted by Gasteiger charge is 2.29. The van der Waals surface area contributed by atoms with E-state index in [9.17, 15) is 18.0 Å². The fraction of sp³-hybridized carbons (Fsp3) is 0.818. The molecule has 2 atom stereocenters. The van der Waals surface area contributed by atoms with Gasteiger partial charge < -0.3 is 10.4 Å². The first kappa shape index (κ1) is 16.3. The highest BCUT2D eigenvalue weighted by Crippen LogP contribution is 2.24. The van der Waals surface area contributed by atoms with Crippen LogP contribution >= 0.6 is 11.8 Å². The molecule has 110 valence electrons. The minimum absolute atomic E-state index is 0.0573. The van der Waals surface area contributed by atoms with E-state index >= 15 is 0 Å². The van der Waals surface area contributed by atoms with E-state index in [1.54, 1.807) is 13.8 Å². The van der Waals surface area contributed by atoms with Crippen LogP contribution in [0.15, 0.2) is 0 Å². The molecule has 1 aliphatic rings. The number of hydrogen-bond donors (Lipinski definition) is 2. The predicted octanol–water partition coefficient (Wildman–Crippen LogP) is 0.132. The third kappa shape index (κ3) is 5.40. The fourth-order valence-corrected chi connectivity index (χ4v) is 5.27. The third-order valence-corrected chi connectivity index (χ3v) is 6.17. The summed E-state index contributed by atoms with van der Waals surface area (Å²) in [6.45, 7) is 3.44. The first-order chi connectivity index (χ1) is 8.71. The molecule has 0 aromatic heterocycles. The van der Waals surface area contributed by atoms with E-state index in [1.807, 2.05) is 0 Å². The highest BCUT2D eigenvalue weighted by molar-refractivity contribution is 8.02. The van der Waals surface area contributed by atoms with E-state index in [0.29, 0.717) is 6.42 Å². The molecule has 1 unspecified atom stereocenters. The fourth-order valence-electron chi connectivity index (χ4n) is 1.81. The summed E-state index contributed by atoms with van der Waals surface area (Å²) in [6, 6.07) is -0.902. The smallest absolute Gasteiger partial charge is 0.326 e. The zero-order valence-corrected chi connectivity index (χ0v) is 12.6. The molecule has 1 heterocycles. The van der Waals surface area contributed by atoms with Crippen molar-refractivity contribution in [3.05, 3.63) is 0 Å². The Hall–Kier alpha value is -0.760. The standard InChI is InChI=1S/C11H19NO5S2/c1-7(2)10(11(14)15)12-9(13)5-18-8-3-4-19(16,17)6-8/h7-8,10H,3-6H2,1-2H3,(H,12,13)(H,14,15)/t8?,10-/m1/s1. The van der Waals surface area contributed by atoms with Crippen molar-refractivity contribution in [2.75, 3.05) is 17.3 Å². The van der Waals surface area contributed by atoms with E-state index in [2.05, 4.69) is 5.32 Å². The lowest BCUT2D eigenvalue weighted by atomic mass is 10.1. The molecule has 1 saturated heterocycles. The highest BCUT2D eigenvalue weighted by atomic mass is 32.2. The van der Waals surface area contributed by atoms with E-state index in [1.165, 1.54) is 11.8 Å². The number of hydrogen-bond acceptors (Lipinski definition) is 5. The lowest BCUT2D eigenvalue weighted by molar-refractivity contribution is -0.142. The molecule has 0 aromatic carbocycles. The van der Waals surface area contributed by atoms with Crippen LogP contribution in [0.1, 0.15) is 20.3 Å². The van der Waals surface area contributed by atoms with Crippen LogP contribution < -0.4 is 5.32 Å². The van der Waals surface area contributed by atoms with Crippen molar-refractivity contribution in [2.45, 2.75) is 31.6 Å². The van der Waals surface area contributed by atoms with Gasteiger partial charge in [-0.3, -0.25) is 4.79 Å². The predicted molar refractivity (Wildman–Crippen MR) is 73.9 cm³/mol. The monoisotopic (exact) mass is 309 g/mol. The van der Waals surface area contributed by atoms with Crippen LogP contribution in [0.25, 0.3) is 0 Å². The molecule has 19 heavy (non-hydrogen) atoms. The van der Waals surface area contributed by atoms with Crippen molar-refractivity contribution in [2.24, 2.45) is 5.92 Å². The Morgan fingerprint density at radius 3 is 2.47 bits per heavy atom. The number of thioether (sulfide) groups is 1. The lowest BCUT2D eigenvalue weighted by Crippen LogP contribution is -2.45. The van der Waals surface area contributed by atoms with Gasteiger partial charge in [0.1, 0.15) is 6.04 Å². The Morgan fingerprint density at radius 1 is 1.42 bits per heavy atom. The maximum atomic E-state index is 11.6. The molecular weight excluding hydrogens is 290 g/mol. The van der Waals surface area contributed by atoms with Gasteiger partial charge in [0.15, 0.2) is 9.84 Å². The Morgan fingerprint density at radius 2 is 2.05 bits per heavy atom. The number of carboxylic acid groups (broad SMARTS) is 1. The zero-order valence-electron chi connectivity index (χ0n) is 11.0. The molecule has 1 rings (SSSR count). The quantitative estimate of drug-likeness (QED) is 0.723. The summed E-state index contributed by atoms with van der Waals surface area (Å²) in [5.74, 6) is -1.24. The van der Waals surface area contributed by atoms with E-state index in [-0.39, 0.29) is 34.3 Å². The normalized spacial score (nSPS) is 23.2. The molecule has 0 bridgehead atoms. The van der Waals surface area contributed by atoms with E-state index in [4.69, 9.17) is 5.11 Å². The van der Waals surface area contributed by atoms with Crippen molar-refractivity contribution < 1.29 is 23.1 Å². The summed E-state index contributed by atoms with van der Waals surface area (Å²) in [5.41, 5.74) is 0. The van der Waals surface area contributed by atoms with Gasteiger partial charge in [-0.25, -0.2) is 13.2 Å². The summed E-state index contributed by atoms with van der Waals surface area (Å²) < 4.78 is 22.5. The molecule has 0 spiro atoms. The SMILES string of the molecule is CC(C)[C@@H](NC(=O)CSC1CCS(=O)(=O)C1)C(=O)O. The first-order valence-electron chi connectivity index (χ1n) is 6.05. The summed E-state index contributed by atoms with van der Waals surface area (Å²) in [5, 5.41) is 11.3. The van der Waals surface area contributed by atoms with Gasteiger partial charge in [0, 0.05) is 5.25 Å². The Balaban J connectivity index is 2.38. The molecule has 2 N–H and O–H groups in total. The number of amides is 1.